The van der Waals surface area contributed by atoms with E-state index in [-0.39, 0.29) is 17.0 Å². The number of anilines is 1. The molecule has 0 aromatic heterocycles. The number of nitrogens with zero attached hydrogens (tertiary/aromatic N) is 1. The van der Waals surface area contributed by atoms with Crippen molar-refractivity contribution in [2.45, 2.75) is 0 Å². The molecule has 0 saturated heterocycles. The number of carbonyl (C=O) groups excluding carboxylic acids is 3. The molecule has 3 aromatic rings. The molecule has 2 amide bonds. The van der Waals surface area contributed by atoms with Gasteiger partial charge in [-0.05, 0) is 36.4 Å². The molecule has 1 aliphatic heterocycles. The Bertz CT molecular complexity index is 1110. The molecule has 0 unspecified atom stereocenters. The smallest absolute Gasteiger partial charge is 0.266 e. The lowest BCUT2D eigenvalue weighted by atomic mass is 10.0. The lowest BCUT2D eigenvalue weighted by molar-refractivity contribution is 0.0926. The molecule has 1 heterocycles. The van der Waals surface area contributed by atoms with Crippen LogP contribution in [0.5, 0.6) is 0 Å². The lowest BCUT2D eigenvalue weighted by Gasteiger charge is -2.18. The van der Waals surface area contributed by atoms with E-state index in [0.29, 0.717) is 26.2 Å². The number of carbonyl (C=O) groups is 3. The Kier molecular flexibility index (Phi) is 4.42. The van der Waals surface area contributed by atoms with Crippen LogP contribution in [0, 0.1) is 0 Å². The molecule has 0 aliphatic carbocycles. The number of halogens is 2. The van der Waals surface area contributed by atoms with Gasteiger partial charge in [0.1, 0.15) is 0 Å². The highest BCUT2D eigenvalue weighted by atomic mass is 79.9. The van der Waals surface area contributed by atoms with E-state index in [4.69, 9.17) is 11.6 Å². The molecule has 0 radical (unpaired) electrons. The van der Waals surface area contributed by atoms with Gasteiger partial charge >= 0.3 is 0 Å². The van der Waals surface area contributed by atoms with E-state index in [1.165, 1.54) is 12.1 Å². The maximum Gasteiger partial charge on any atom is 0.266 e. The van der Waals surface area contributed by atoms with Crippen molar-refractivity contribution in [2.75, 3.05) is 4.90 Å². The van der Waals surface area contributed by atoms with Gasteiger partial charge in [0.15, 0.2) is 5.78 Å². The maximum atomic E-state index is 13.0. The second-order valence-electron chi connectivity index (χ2n) is 5.99. The quantitative estimate of drug-likeness (QED) is 0.419. The van der Waals surface area contributed by atoms with Crippen LogP contribution in [0.4, 0.5) is 5.69 Å². The Morgan fingerprint density at radius 3 is 2.30 bits per heavy atom. The fourth-order valence-corrected chi connectivity index (χ4v) is 3.60. The molecule has 0 bridgehead atoms. The van der Waals surface area contributed by atoms with Crippen LogP contribution in [0.15, 0.2) is 71.2 Å². The van der Waals surface area contributed by atoms with Crippen molar-refractivity contribution in [3.63, 3.8) is 0 Å². The van der Waals surface area contributed by atoms with Gasteiger partial charge in [0.2, 0.25) is 0 Å². The van der Waals surface area contributed by atoms with Crippen LogP contribution in [0.2, 0.25) is 5.02 Å². The zero-order chi connectivity index (χ0) is 19.1. The minimum Gasteiger partial charge on any atom is -0.289 e. The highest BCUT2D eigenvalue weighted by Gasteiger charge is 2.38. The van der Waals surface area contributed by atoms with Crippen molar-refractivity contribution >= 4 is 50.8 Å². The van der Waals surface area contributed by atoms with E-state index in [2.05, 4.69) is 15.9 Å². The van der Waals surface area contributed by atoms with Crippen LogP contribution in [0.1, 0.15) is 36.6 Å². The summed E-state index contributed by atoms with van der Waals surface area (Å²) in [6.45, 7) is 0. The second-order valence-corrected chi connectivity index (χ2v) is 7.34. The topological polar surface area (TPSA) is 54.5 Å². The first-order chi connectivity index (χ1) is 13.0. The van der Waals surface area contributed by atoms with Gasteiger partial charge in [-0.25, -0.2) is 4.90 Å². The van der Waals surface area contributed by atoms with Crippen molar-refractivity contribution in [1.82, 2.24) is 0 Å². The first kappa shape index (κ1) is 17.6. The third-order valence-electron chi connectivity index (χ3n) is 4.33. The predicted molar refractivity (Wildman–Crippen MR) is 107 cm³/mol. The lowest BCUT2D eigenvalue weighted by Crippen LogP contribution is -2.31. The first-order valence-corrected chi connectivity index (χ1v) is 9.22. The van der Waals surface area contributed by atoms with E-state index in [1.807, 2.05) is 0 Å². The minimum absolute atomic E-state index is 0.197. The number of amides is 2. The van der Waals surface area contributed by atoms with Gasteiger partial charge in [-0.3, -0.25) is 14.4 Å². The summed E-state index contributed by atoms with van der Waals surface area (Å²) in [6.07, 6.45) is 0. The molecule has 132 valence electrons. The largest absolute Gasteiger partial charge is 0.289 e. The molecule has 0 N–H and O–H groups in total. The van der Waals surface area contributed by atoms with Crippen LogP contribution < -0.4 is 4.90 Å². The average molecular weight is 441 g/mol. The fraction of sp³-hybridized carbons (Fsp3) is 0. The molecule has 1 aliphatic rings. The van der Waals surface area contributed by atoms with E-state index in [0.717, 1.165) is 4.90 Å². The normalized spacial score (nSPS) is 13.0. The molecule has 0 spiro atoms. The predicted octanol–water partition coefficient (Wildman–Crippen LogP) is 5.13. The summed E-state index contributed by atoms with van der Waals surface area (Å²) in [4.78, 5) is 39.8. The SMILES string of the molecule is O=C(c1ccccc1)c1cc(Cl)ccc1N1C(=O)c2ccc(Br)cc2C1=O. The van der Waals surface area contributed by atoms with Crippen molar-refractivity contribution in [3.05, 3.63) is 98.5 Å². The van der Waals surface area contributed by atoms with Gasteiger partial charge in [-0.1, -0.05) is 57.9 Å². The van der Waals surface area contributed by atoms with Gasteiger partial charge < -0.3 is 0 Å². The number of hydrogen-bond donors (Lipinski definition) is 0. The summed E-state index contributed by atoms with van der Waals surface area (Å²) < 4.78 is 0.695. The Morgan fingerprint density at radius 2 is 1.56 bits per heavy atom. The Hall–Kier alpha value is -2.76. The van der Waals surface area contributed by atoms with Gasteiger partial charge in [0, 0.05) is 20.6 Å². The Labute approximate surface area is 168 Å². The van der Waals surface area contributed by atoms with Crippen LogP contribution in [-0.4, -0.2) is 17.6 Å². The highest BCUT2D eigenvalue weighted by Crippen LogP contribution is 2.34. The standard InChI is InChI=1S/C21H11BrClNO3/c22-13-6-8-15-16(10-13)21(27)24(20(15)26)18-9-7-14(23)11-17(18)19(25)12-4-2-1-3-5-12/h1-11H. The number of rotatable bonds is 3. The van der Waals surface area contributed by atoms with Crippen molar-refractivity contribution < 1.29 is 14.4 Å². The third-order valence-corrected chi connectivity index (χ3v) is 5.06. The van der Waals surface area contributed by atoms with Crippen LogP contribution in [0.3, 0.4) is 0 Å². The molecule has 4 nitrogen and oxygen atoms in total. The second kappa shape index (κ2) is 6.76. The fourth-order valence-electron chi connectivity index (χ4n) is 3.06. The zero-order valence-corrected chi connectivity index (χ0v) is 16.1. The third kappa shape index (κ3) is 2.99. The molecule has 0 saturated carbocycles. The first-order valence-electron chi connectivity index (χ1n) is 8.05. The van der Waals surface area contributed by atoms with Gasteiger partial charge in [-0.2, -0.15) is 0 Å². The number of benzene rings is 3. The molecule has 0 fully saturated rings. The van der Waals surface area contributed by atoms with E-state index in [1.54, 1.807) is 54.6 Å². The number of hydrogen-bond acceptors (Lipinski definition) is 3. The maximum absolute atomic E-state index is 13.0. The van der Waals surface area contributed by atoms with Crippen molar-refractivity contribution in [1.29, 1.82) is 0 Å². The molecule has 6 heteroatoms. The van der Waals surface area contributed by atoms with E-state index >= 15 is 0 Å². The summed E-state index contributed by atoms with van der Waals surface area (Å²) in [5.41, 5.74) is 1.46. The molecule has 0 atom stereocenters. The molecule has 4 rings (SSSR count). The highest BCUT2D eigenvalue weighted by molar-refractivity contribution is 9.10. The Balaban J connectivity index is 1.85. The summed E-state index contributed by atoms with van der Waals surface area (Å²) >= 11 is 9.40. The summed E-state index contributed by atoms with van der Waals surface area (Å²) in [5, 5.41) is 0.345. The summed E-state index contributed by atoms with van der Waals surface area (Å²) in [7, 11) is 0. The number of fused-ring (bicyclic) bond motifs is 1. The Morgan fingerprint density at radius 1 is 0.852 bits per heavy atom. The van der Waals surface area contributed by atoms with E-state index < -0.39 is 11.8 Å². The molecular formula is C21H11BrClNO3. The van der Waals surface area contributed by atoms with Gasteiger partial charge in [0.25, 0.3) is 11.8 Å². The monoisotopic (exact) mass is 439 g/mol. The minimum atomic E-state index is -0.472. The van der Waals surface area contributed by atoms with Crippen LogP contribution >= 0.6 is 27.5 Å². The zero-order valence-electron chi connectivity index (χ0n) is 13.8. The van der Waals surface area contributed by atoms with Crippen LogP contribution in [0.25, 0.3) is 0 Å². The van der Waals surface area contributed by atoms with Gasteiger partial charge in [-0.15, -0.1) is 0 Å². The average Bonchev–Trinajstić information content (AvgIpc) is 2.92. The number of ketones is 1. The molecular weight excluding hydrogens is 430 g/mol. The van der Waals surface area contributed by atoms with Crippen LogP contribution in [-0.2, 0) is 0 Å². The van der Waals surface area contributed by atoms with Crippen molar-refractivity contribution in [3.8, 4) is 0 Å². The molecule has 27 heavy (non-hydrogen) atoms. The number of imide groups is 1. The summed E-state index contributed by atoms with van der Waals surface area (Å²) in [6, 6.07) is 18.1. The van der Waals surface area contributed by atoms with E-state index in [9.17, 15) is 14.4 Å². The van der Waals surface area contributed by atoms with Crippen molar-refractivity contribution in [2.24, 2.45) is 0 Å². The van der Waals surface area contributed by atoms with Gasteiger partial charge in [0.05, 0.1) is 16.8 Å². The molecule has 3 aromatic carbocycles. The summed E-state index contributed by atoms with van der Waals surface area (Å²) in [5.74, 6) is -1.25.